The Kier molecular flexibility index (Phi) is 5.27. The topological polar surface area (TPSA) is 15.3 Å². The van der Waals surface area contributed by atoms with Crippen molar-refractivity contribution in [3.8, 4) is 0 Å². The van der Waals surface area contributed by atoms with Gasteiger partial charge in [0, 0.05) is 34.4 Å². The number of likely N-dealkylation sites (tertiary alicyclic amines) is 1. The molecule has 0 spiro atoms. The van der Waals surface area contributed by atoms with Crippen molar-refractivity contribution < 1.29 is 0 Å². The number of rotatable bonds is 4. The van der Waals surface area contributed by atoms with E-state index in [4.69, 9.17) is 0 Å². The molecule has 0 aromatic carbocycles. The number of thiophene rings is 1. The second kappa shape index (κ2) is 6.59. The highest BCUT2D eigenvalue weighted by Gasteiger charge is 2.35. The van der Waals surface area contributed by atoms with E-state index in [1.165, 1.54) is 28.3 Å². The molecule has 2 rings (SSSR count). The molecule has 1 aromatic rings. The van der Waals surface area contributed by atoms with Crippen LogP contribution in [0.2, 0.25) is 0 Å². The van der Waals surface area contributed by atoms with Gasteiger partial charge in [0.1, 0.15) is 0 Å². The molecular weight excluding hydrogens is 264 g/mol. The van der Waals surface area contributed by atoms with Crippen molar-refractivity contribution in [1.82, 2.24) is 10.2 Å². The van der Waals surface area contributed by atoms with Crippen LogP contribution < -0.4 is 5.32 Å². The summed E-state index contributed by atoms with van der Waals surface area (Å²) in [5, 5.41) is 3.65. The molecule has 1 fully saturated rings. The lowest BCUT2D eigenvalue weighted by molar-refractivity contribution is 0.0528. The van der Waals surface area contributed by atoms with Crippen LogP contribution >= 0.6 is 11.3 Å². The lowest BCUT2D eigenvalue weighted by atomic mass is 9.85. The minimum absolute atomic E-state index is 0.542. The van der Waals surface area contributed by atoms with Gasteiger partial charge in [-0.05, 0) is 58.2 Å². The average Bonchev–Trinajstić information content (AvgIpc) is 2.74. The Bertz CT molecular complexity index is 440. The third-order valence-electron chi connectivity index (χ3n) is 5.11. The van der Waals surface area contributed by atoms with Gasteiger partial charge in [-0.25, -0.2) is 0 Å². The minimum atomic E-state index is 0.542. The van der Waals surface area contributed by atoms with E-state index in [1.54, 1.807) is 0 Å². The third-order valence-corrected chi connectivity index (χ3v) is 6.09. The first-order chi connectivity index (χ1) is 9.45. The van der Waals surface area contributed by atoms with Gasteiger partial charge in [-0.1, -0.05) is 13.8 Å². The third kappa shape index (κ3) is 3.10. The fourth-order valence-corrected chi connectivity index (χ4v) is 4.75. The highest BCUT2D eigenvalue weighted by molar-refractivity contribution is 7.12. The van der Waals surface area contributed by atoms with Gasteiger partial charge in [0.25, 0.3) is 0 Å². The Morgan fingerprint density at radius 3 is 2.65 bits per heavy atom. The zero-order valence-corrected chi connectivity index (χ0v) is 14.7. The van der Waals surface area contributed by atoms with Crippen molar-refractivity contribution >= 4 is 11.3 Å². The van der Waals surface area contributed by atoms with Crippen LogP contribution in [0.15, 0.2) is 6.07 Å². The van der Waals surface area contributed by atoms with Crippen molar-refractivity contribution in [2.45, 2.75) is 66.1 Å². The normalized spacial score (nSPS) is 29.6. The van der Waals surface area contributed by atoms with Crippen LogP contribution in [0.25, 0.3) is 0 Å². The summed E-state index contributed by atoms with van der Waals surface area (Å²) >= 11 is 1.93. The van der Waals surface area contributed by atoms with Crippen molar-refractivity contribution in [2.24, 2.45) is 5.92 Å². The summed E-state index contributed by atoms with van der Waals surface area (Å²) in [6, 6.07) is 4.25. The van der Waals surface area contributed by atoms with Gasteiger partial charge < -0.3 is 5.32 Å². The van der Waals surface area contributed by atoms with E-state index in [0.29, 0.717) is 24.0 Å². The number of hydrogen-bond acceptors (Lipinski definition) is 3. The van der Waals surface area contributed by atoms with Crippen molar-refractivity contribution in [1.29, 1.82) is 0 Å². The van der Waals surface area contributed by atoms with Crippen LogP contribution in [0.3, 0.4) is 0 Å². The van der Waals surface area contributed by atoms with Crippen LogP contribution in [0.1, 0.15) is 55.5 Å². The highest BCUT2D eigenvalue weighted by Crippen LogP contribution is 2.35. The van der Waals surface area contributed by atoms with Crippen molar-refractivity contribution in [3.05, 3.63) is 21.4 Å². The molecule has 114 valence electrons. The fraction of sp³-hybridized carbons (Fsp3) is 0.765. The molecule has 1 aliphatic heterocycles. The monoisotopic (exact) mass is 294 g/mol. The van der Waals surface area contributed by atoms with Gasteiger partial charge >= 0.3 is 0 Å². The minimum Gasteiger partial charge on any atom is -0.314 e. The standard InChI is InChI=1S/C17H30N2S/c1-7-18-17-8-9-19(13(4)12(17)3)14(5)16-10-11(2)20-15(16)6/h10,12-14,17-18H,7-9H2,1-6H3. The van der Waals surface area contributed by atoms with E-state index in [-0.39, 0.29) is 0 Å². The molecule has 1 aromatic heterocycles. The SMILES string of the molecule is CCNC1CCN(C(C)c2cc(C)sc2C)C(C)C1C. The van der Waals surface area contributed by atoms with E-state index in [2.05, 4.69) is 57.8 Å². The molecule has 0 bridgehead atoms. The molecule has 2 nitrogen and oxygen atoms in total. The van der Waals surface area contributed by atoms with E-state index in [9.17, 15) is 0 Å². The Labute approximate surface area is 128 Å². The molecule has 3 heteroatoms. The molecule has 0 amide bonds. The molecule has 4 unspecified atom stereocenters. The quantitative estimate of drug-likeness (QED) is 0.898. The second-order valence-electron chi connectivity index (χ2n) is 6.33. The number of piperidine rings is 1. The maximum atomic E-state index is 3.65. The molecule has 20 heavy (non-hydrogen) atoms. The smallest absolute Gasteiger partial charge is 0.0333 e. The lowest BCUT2D eigenvalue weighted by Gasteiger charge is -2.46. The Balaban J connectivity index is 2.11. The maximum absolute atomic E-state index is 3.65. The largest absolute Gasteiger partial charge is 0.314 e. The Hall–Kier alpha value is -0.380. The number of hydrogen-bond donors (Lipinski definition) is 1. The number of aryl methyl sites for hydroxylation is 2. The van der Waals surface area contributed by atoms with E-state index in [1.807, 2.05) is 11.3 Å². The predicted molar refractivity (Wildman–Crippen MR) is 89.6 cm³/mol. The molecule has 0 radical (unpaired) electrons. The van der Waals surface area contributed by atoms with Crippen LogP contribution in [0.4, 0.5) is 0 Å². The first-order valence-corrected chi connectivity index (χ1v) is 8.83. The van der Waals surface area contributed by atoms with Crippen LogP contribution in [-0.2, 0) is 0 Å². The van der Waals surface area contributed by atoms with Gasteiger partial charge in [-0.2, -0.15) is 0 Å². The molecule has 4 atom stereocenters. The first kappa shape index (κ1) is 16.0. The molecule has 0 aliphatic carbocycles. The maximum Gasteiger partial charge on any atom is 0.0333 e. The van der Waals surface area contributed by atoms with Gasteiger partial charge in [0.2, 0.25) is 0 Å². The molecule has 1 N–H and O–H groups in total. The highest BCUT2D eigenvalue weighted by atomic mass is 32.1. The van der Waals surface area contributed by atoms with E-state index >= 15 is 0 Å². The zero-order valence-electron chi connectivity index (χ0n) is 13.9. The van der Waals surface area contributed by atoms with E-state index < -0.39 is 0 Å². The summed E-state index contributed by atoms with van der Waals surface area (Å²) in [4.78, 5) is 5.63. The van der Waals surface area contributed by atoms with Gasteiger partial charge in [0.15, 0.2) is 0 Å². The Morgan fingerprint density at radius 2 is 2.10 bits per heavy atom. The number of nitrogens with zero attached hydrogens (tertiary/aromatic N) is 1. The van der Waals surface area contributed by atoms with Crippen LogP contribution in [0, 0.1) is 19.8 Å². The van der Waals surface area contributed by atoms with Crippen LogP contribution in [0.5, 0.6) is 0 Å². The Morgan fingerprint density at radius 1 is 1.40 bits per heavy atom. The molecule has 1 saturated heterocycles. The summed E-state index contributed by atoms with van der Waals surface area (Å²) in [5.41, 5.74) is 1.54. The summed E-state index contributed by atoms with van der Waals surface area (Å²) in [6.45, 7) is 16.2. The van der Waals surface area contributed by atoms with Crippen molar-refractivity contribution in [3.63, 3.8) is 0 Å². The molecular formula is C17H30N2S. The molecule has 2 heterocycles. The summed E-state index contributed by atoms with van der Waals surface area (Å²) in [5.74, 6) is 0.714. The van der Waals surface area contributed by atoms with Crippen molar-refractivity contribution in [2.75, 3.05) is 13.1 Å². The number of nitrogens with one attached hydrogen (secondary N) is 1. The fourth-order valence-electron chi connectivity index (χ4n) is 3.73. The summed E-state index contributed by atoms with van der Waals surface area (Å²) in [6.07, 6.45) is 1.27. The average molecular weight is 295 g/mol. The zero-order chi connectivity index (χ0) is 14.9. The molecule has 1 aliphatic rings. The summed E-state index contributed by atoms with van der Waals surface area (Å²) < 4.78 is 0. The van der Waals surface area contributed by atoms with Crippen LogP contribution in [-0.4, -0.2) is 30.1 Å². The van der Waals surface area contributed by atoms with Gasteiger partial charge in [-0.3, -0.25) is 4.90 Å². The lowest BCUT2D eigenvalue weighted by Crippen LogP contribution is -2.53. The first-order valence-electron chi connectivity index (χ1n) is 8.01. The van der Waals surface area contributed by atoms with E-state index in [0.717, 1.165) is 6.54 Å². The summed E-state index contributed by atoms with van der Waals surface area (Å²) in [7, 11) is 0. The second-order valence-corrected chi connectivity index (χ2v) is 7.80. The molecule has 0 saturated carbocycles. The van der Waals surface area contributed by atoms with Gasteiger partial charge in [-0.15, -0.1) is 11.3 Å². The predicted octanol–water partition coefficient (Wildman–Crippen LogP) is 4.13. The van der Waals surface area contributed by atoms with Gasteiger partial charge in [0.05, 0.1) is 0 Å².